The minimum Gasteiger partial charge on any atom is -0.477 e. The van der Waals surface area contributed by atoms with Crippen LogP contribution >= 0.6 is 23.1 Å². The number of carbonyl (C=O) groups is 3. The highest BCUT2D eigenvalue weighted by Crippen LogP contribution is 2.39. The lowest BCUT2D eigenvalue weighted by Gasteiger charge is -2.49. The highest BCUT2D eigenvalue weighted by Gasteiger charge is 2.53. The van der Waals surface area contributed by atoms with Crippen molar-refractivity contribution in [2.45, 2.75) is 18.3 Å². The van der Waals surface area contributed by atoms with E-state index in [1.165, 1.54) is 22.0 Å². The number of hydrogen-bond acceptors (Lipinski definition) is 9. The number of nitrogen functional groups attached to an aromatic ring is 1. The van der Waals surface area contributed by atoms with Gasteiger partial charge < -0.3 is 21.0 Å². The molecule has 2 amide bonds. The Labute approximate surface area is 149 Å². The lowest BCUT2D eigenvalue weighted by Crippen LogP contribution is -2.70. The minimum atomic E-state index is -1.15. The average Bonchev–Trinajstić information content (AvgIpc) is 2.97. The van der Waals surface area contributed by atoms with Gasteiger partial charge in [0.05, 0.1) is 5.38 Å². The summed E-state index contributed by atoms with van der Waals surface area (Å²) in [6, 6.07) is -0.804. The maximum Gasteiger partial charge on any atom is 0.352 e. The van der Waals surface area contributed by atoms with E-state index in [9.17, 15) is 19.5 Å². The van der Waals surface area contributed by atoms with Gasteiger partial charge in [-0.3, -0.25) is 14.5 Å². The van der Waals surface area contributed by atoms with E-state index in [-0.39, 0.29) is 11.6 Å². The number of carbonyl (C=O) groups excluding carboxylic acids is 2. The first-order chi connectivity index (χ1) is 11.9. The van der Waals surface area contributed by atoms with Gasteiger partial charge in [-0.15, -0.1) is 23.1 Å². The van der Waals surface area contributed by atoms with Crippen molar-refractivity contribution in [1.29, 1.82) is 0 Å². The number of amides is 2. The number of anilines is 1. The van der Waals surface area contributed by atoms with Crippen molar-refractivity contribution in [3.8, 4) is 5.88 Å². The number of nitrogens with zero attached hydrogens (tertiary/aromatic N) is 3. The smallest absolute Gasteiger partial charge is 0.352 e. The first-order valence-corrected chi connectivity index (χ1v) is 8.91. The number of carboxylic acid groups (broad SMARTS) is 1. The van der Waals surface area contributed by atoms with E-state index >= 15 is 0 Å². The topological polar surface area (TPSA) is 147 Å². The number of thioether (sulfide) groups is 1. The number of aromatic nitrogens is 1. The lowest BCUT2D eigenvalue weighted by atomic mass is 10.0. The Balaban J connectivity index is 1.58. The minimum absolute atomic E-state index is 0.0163. The van der Waals surface area contributed by atoms with Crippen molar-refractivity contribution in [2.24, 2.45) is 5.16 Å². The quantitative estimate of drug-likeness (QED) is 0.361. The molecule has 12 heteroatoms. The maximum atomic E-state index is 12.2. The molecule has 10 nitrogen and oxygen atoms in total. The monoisotopic (exact) mass is 383 g/mol. The highest BCUT2D eigenvalue weighted by molar-refractivity contribution is 8.00. The summed E-state index contributed by atoms with van der Waals surface area (Å²) in [6.45, 7) is 1.67. The van der Waals surface area contributed by atoms with Crippen molar-refractivity contribution in [1.82, 2.24) is 15.2 Å². The molecule has 3 rings (SSSR count). The summed E-state index contributed by atoms with van der Waals surface area (Å²) in [5.74, 6) is -1.62. The fourth-order valence-electron chi connectivity index (χ4n) is 2.41. The van der Waals surface area contributed by atoms with Crippen LogP contribution in [-0.4, -0.2) is 56.2 Å². The molecule has 2 atom stereocenters. The molecule has 4 N–H and O–H groups in total. The fourth-order valence-corrected chi connectivity index (χ4v) is 4.16. The number of β-lactam (4-membered cyclic amide) rings is 1. The third-order valence-electron chi connectivity index (χ3n) is 3.48. The number of rotatable bonds is 5. The van der Waals surface area contributed by atoms with Crippen LogP contribution in [0.2, 0.25) is 0 Å². The van der Waals surface area contributed by atoms with E-state index < -0.39 is 29.2 Å². The Morgan fingerprint density at radius 2 is 2.36 bits per heavy atom. The molecule has 0 aliphatic carbocycles. The van der Waals surface area contributed by atoms with Crippen molar-refractivity contribution < 1.29 is 24.3 Å². The molecule has 1 aromatic heterocycles. The molecule has 1 unspecified atom stereocenters. The molecule has 1 saturated heterocycles. The molecule has 0 bridgehead atoms. The average molecular weight is 383 g/mol. The number of nitrogens with two attached hydrogens (primary N) is 1. The largest absolute Gasteiger partial charge is 0.477 e. The van der Waals surface area contributed by atoms with Gasteiger partial charge in [-0.05, 0) is 12.5 Å². The lowest BCUT2D eigenvalue weighted by molar-refractivity contribution is -0.150. The maximum absolute atomic E-state index is 12.2. The summed E-state index contributed by atoms with van der Waals surface area (Å²) < 4.78 is 0. The second-order valence-electron chi connectivity index (χ2n) is 5.18. The number of fused-ring (bicyclic) bond motifs is 1. The molecule has 25 heavy (non-hydrogen) atoms. The summed E-state index contributed by atoms with van der Waals surface area (Å²) in [5.41, 5.74) is 6.03. The first-order valence-electron chi connectivity index (χ1n) is 6.98. The predicted octanol–water partition coefficient (Wildman–Crippen LogP) is -0.152. The van der Waals surface area contributed by atoms with Crippen LogP contribution in [0.4, 0.5) is 5.13 Å². The summed E-state index contributed by atoms with van der Waals surface area (Å²) in [6.07, 6.45) is 0.873. The van der Waals surface area contributed by atoms with Crippen molar-refractivity contribution >= 4 is 52.2 Å². The van der Waals surface area contributed by atoms with E-state index in [1.807, 2.05) is 0 Å². The number of oxime groups is 1. The van der Waals surface area contributed by atoms with Crippen LogP contribution in [0.25, 0.3) is 0 Å². The number of nitrogens with one attached hydrogen (secondary N) is 1. The molecule has 1 aromatic rings. The number of thiazole rings is 1. The fraction of sp³-hybridized carbons (Fsp3) is 0.308. The van der Waals surface area contributed by atoms with Crippen LogP contribution in [0.1, 0.15) is 6.92 Å². The van der Waals surface area contributed by atoms with Crippen molar-refractivity contribution in [2.75, 3.05) is 11.5 Å². The van der Waals surface area contributed by atoms with E-state index in [0.717, 1.165) is 17.6 Å². The molecule has 0 aromatic carbocycles. The molecular formula is C13H13N5O5S2. The van der Waals surface area contributed by atoms with E-state index in [1.54, 1.807) is 6.92 Å². The molecule has 0 saturated carbocycles. The number of hydrogen-bond donors (Lipinski definition) is 3. The Bertz CT molecular complexity index is 804. The first kappa shape index (κ1) is 17.2. The zero-order valence-corrected chi connectivity index (χ0v) is 14.5. The summed E-state index contributed by atoms with van der Waals surface area (Å²) >= 11 is 2.55. The molecule has 0 spiro atoms. The third-order valence-corrected chi connectivity index (χ3v) is 5.55. The summed E-state index contributed by atoms with van der Waals surface area (Å²) in [4.78, 5) is 45.2. The van der Waals surface area contributed by atoms with Gasteiger partial charge in [0.15, 0.2) is 5.13 Å². The summed E-state index contributed by atoms with van der Waals surface area (Å²) in [5, 5.41) is 16.6. The molecule has 0 radical (unpaired) electrons. The molecular weight excluding hydrogens is 370 g/mol. The van der Waals surface area contributed by atoms with Crippen LogP contribution in [0.3, 0.4) is 0 Å². The van der Waals surface area contributed by atoms with Crippen LogP contribution in [0, 0.1) is 0 Å². The number of aliphatic carboxylic acids is 1. The van der Waals surface area contributed by atoms with E-state index in [2.05, 4.69) is 15.5 Å². The Kier molecular flexibility index (Phi) is 4.63. The molecule has 2 aliphatic heterocycles. The predicted molar refractivity (Wildman–Crippen MR) is 91.0 cm³/mol. The highest BCUT2D eigenvalue weighted by atomic mass is 32.2. The van der Waals surface area contributed by atoms with Gasteiger partial charge in [-0.1, -0.05) is 5.16 Å². The Morgan fingerprint density at radius 1 is 1.60 bits per heavy atom. The Hall–Kier alpha value is -2.60. The molecule has 132 valence electrons. The SMILES string of the molecule is CC1=C(C(=O)O)N2C(=O)C(NC(=O)C=NOc3csc(N)n3)[C@@H]2SC1. The standard InChI is InChI=1S/C13H13N5O5S2/c1-5-3-24-11-8(10(20)18(11)9(5)12(21)22)16-6(19)2-15-23-7-4-25-13(14)17-7/h2,4,8,11H,3H2,1H3,(H2,14,17)(H,16,19)(H,21,22)/t8?,11-/m0/s1. The van der Waals surface area contributed by atoms with Crippen LogP contribution in [-0.2, 0) is 14.4 Å². The van der Waals surface area contributed by atoms with Crippen LogP contribution in [0.15, 0.2) is 21.8 Å². The number of carboxylic acids is 1. The second kappa shape index (κ2) is 6.72. The third kappa shape index (κ3) is 3.30. The Morgan fingerprint density at radius 3 is 3.00 bits per heavy atom. The second-order valence-corrected chi connectivity index (χ2v) is 7.17. The van der Waals surface area contributed by atoms with Crippen molar-refractivity contribution in [3.05, 3.63) is 16.7 Å². The van der Waals surface area contributed by atoms with Crippen molar-refractivity contribution in [3.63, 3.8) is 0 Å². The zero-order chi connectivity index (χ0) is 18.1. The summed E-state index contributed by atoms with van der Waals surface area (Å²) in [7, 11) is 0. The molecule has 3 heterocycles. The van der Waals surface area contributed by atoms with Gasteiger partial charge in [0.25, 0.3) is 17.7 Å². The normalized spacial score (nSPS) is 22.6. The molecule has 2 aliphatic rings. The van der Waals surface area contributed by atoms with Gasteiger partial charge in [0, 0.05) is 5.75 Å². The van der Waals surface area contributed by atoms with E-state index in [4.69, 9.17) is 10.6 Å². The van der Waals surface area contributed by atoms with Gasteiger partial charge in [-0.2, -0.15) is 4.98 Å². The zero-order valence-electron chi connectivity index (χ0n) is 12.8. The van der Waals surface area contributed by atoms with Gasteiger partial charge in [0.2, 0.25) is 0 Å². The van der Waals surface area contributed by atoms with Crippen LogP contribution in [0.5, 0.6) is 5.88 Å². The molecule has 1 fully saturated rings. The van der Waals surface area contributed by atoms with Gasteiger partial charge in [-0.25, -0.2) is 4.79 Å². The van der Waals surface area contributed by atoms with Crippen LogP contribution < -0.4 is 15.9 Å². The van der Waals surface area contributed by atoms with Gasteiger partial charge in [0.1, 0.15) is 23.3 Å². The van der Waals surface area contributed by atoms with E-state index in [0.29, 0.717) is 16.5 Å². The van der Waals surface area contributed by atoms with Gasteiger partial charge >= 0.3 is 5.97 Å².